The van der Waals surface area contributed by atoms with Gasteiger partial charge in [-0.2, -0.15) is 0 Å². The van der Waals surface area contributed by atoms with Crippen molar-refractivity contribution >= 4 is 5.69 Å². The summed E-state index contributed by atoms with van der Waals surface area (Å²) in [5.74, 6) is 0.636. The van der Waals surface area contributed by atoms with Gasteiger partial charge in [-0.25, -0.2) is 0 Å². The highest BCUT2D eigenvalue weighted by atomic mass is 16.5. The van der Waals surface area contributed by atoms with E-state index in [1.807, 2.05) is 0 Å². The molecule has 0 unspecified atom stereocenters. The van der Waals surface area contributed by atoms with Crippen LogP contribution in [0.5, 0.6) is 0 Å². The van der Waals surface area contributed by atoms with Crippen LogP contribution in [0.25, 0.3) is 0 Å². The van der Waals surface area contributed by atoms with E-state index in [4.69, 9.17) is 10.5 Å². The van der Waals surface area contributed by atoms with Gasteiger partial charge in [0.15, 0.2) is 0 Å². The highest BCUT2D eigenvalue weighted by molar-refractivity contribution is 5.57. The number of anilines is 1. The summed E-state index contributed by atoms with van der Waals surface area (Å²) in [4.78, 5) is 2.43. The molecule has 3 nitrogen and oxygen atoms in total. The summed E-state index contributed by atoms with van der Waals surface area (Å²) < 4.78 is 5.45. The first-order valence-corrected chi connectivity index (χ1v) is 6.86. The van der Waals surface area contributed by atoms with E-state index in [-0.39, 0.29) is 0 Å². The zero-order valence-electron chi connectivity index (χ0n) is 11.1. The smallest absolute Gasteiger partial charge is 0.0548 e. The van der Waals surface area contributed by atoms with Gasteiger partial charge >= 0.3 is 0 Å². The van der Waals surface area contributed by atoms with Crippen molar-refractivity contribution in [2.24, 2.45) is 11.1 Å². The lowest BCUT2D eigenvalue weighted by molar-refractivity contribution is -0.118. The van der Waals surface area contributed by atoms with Gasteiger partial charge in [-0.15, -0.1) is 0 Å². The molecule has 0 bridgehead atoms. The van der Waals surface area contributed by atoms with Crippen LogP contribution in [0.3, 0.4) is 0 Å². The Kier molecular flexibility index (Phi) is 3.04. The third kappa shape index (κ3) is 1.82. The molecule has 3 heteroatoms. The predicted octanol–water partition coefficient (Wildman–Crippen LogP) is 1.98. The molecule has 0 aromatic heterocycles. The van der Waals surface area contributed by atoms with Gasteiger partial charge in [0, 0.05) is 30.7 Å². The number of fused-ring (bicyclic) bond motifs is 1. The minimum absolute atomic E-state index is 0.338. The molecular formula is C15H22N2O. The lowest BCUT2D eigenvalue weighted by Gasteiger charge is -2.48. The first-order chi connectivity index (χ1) is 8.74. The van der Waals surface area contributed by atoms with Crippen molar-refractivity contribution in [3.05, 3.63) is 29.8 Å². The van der Waals surface area contributed by atoms with E-state index in [2.05, 4.69) is 36.1 Å². The molecule has 0 saturated carbocycles. The molecule has 0 aliphatic carbocycles. The fourth-order valence-corrected chi connectivity index (χ4v) is 3.37. The van der Waals surface area contributed by atoms with Crippen molar-refractivity contribution in [3.63, 3.8) is 0 Å². The molecule has 2 heterocycles. The monoisotopic (exact) mass is 246 g/mol. The standard InChI is InChI=1S/C15H22N2O/c1-15(10-18-11-15)13-6-8-17(9-7-16)14-5-3-2-4-12(13)14/h2-5,13H,6-11,16H2,1H3/t13-/m1/s1. The summed E-state index contributed by atoms with van der Waals surface area (Å²) in [5.41, 5.74) is 8.92. The van der Waals surface area contributed by atoms with Gasteiger partial charge in [-0.3, -0.25) is 0 Å². The van der Waals surface area contributed by atoms with Crippen molar-refractivity contribution in [1.29, 1.82) is 0 Å². The number of rotatable bonds is 3. The molecule has 1 atom stereocenters. The number of nitrogens with zero attached hydrogens (tertiary/aromatic N) is 1. The second-order valence-electron chi connectivity index (χ2n) is 5.82. The van der Waals surface area contributed by atoms with Crippen molar-refractivity contribution in [3.8, 4) is 0 Å². The van der Waals surface area contributed by atoms with Crippen LogP contribution in [0.15, 0.2) is 24.3 Å². The molecule has 3 rings (SSSR count). The maximum absolute atomic E-state index is 5.71. The Morgan fingerprint density at radius 1 is 1.39 bits per heavy atom. The Hall–Kier alpha value is -1.06. The Morgan fingerprint density at radius 3 is 2.83 bits per heavy atom. The van der Waals surface area contributed by atoms with E-state index in [0.29, 0.717) is 11.3 Å². The maximum Gasteiger partial charge on any atom is 0.0548 e. The Labute approximate surface area is 109 Å². The van der Waals surface area contributed by atoms with E-state index >= 15 is 0 Å². The normalized spacial score (nSPS) is 25.4. The Bertz CT molecular complexity index is 428. The Morgan fingerprint density at radius 2 is 2.17 bits per heavy atom. The minimum Gasteiger partial charge on any atom is -0.380 e. The summed E-state index contributed by atoms with van der Waals surface area (Å²) in [6, 6.07) is 8.80. The van der Waals surface area contributed by atoms with Crippen LogP contribution in [0.1, 0.15) is 24.8 Å². The van der Waals surface area contributed by atoms with Crippen LogP contribution >= 0.6 is 0 Å². The lowest BCUT2D eigenvalue weighted by atomic mass is 9.68. The number of benzene rings is 1. The van der Waals surface area contributed by atoms with Crippen LogP contribution in [-0.2, 0) is 4.74 Å². The summed E-state index contributed by atoms with van der Waals surface area (Å²) in [5, 5.41) is 0. The molecule has 0 spiro atoms. The molecular weight excluding hydrogens is 224 g/mol. The van der Waals surface area contributed by atoms with Gasteiger partial charge in [0.1, 0.15) is 0 Å². The minimum atomic E-state index is 0.338. The molecule has 2 aliphatic heterocycles. The summed E-state index contributed by atoms with van der Waals surface area (Å²) in [7, 11) is 0. The Balaban J connectivity index is 1.94. The SMILES string of the molecule is CC1([C@@H]2CCN(CCN)c3ccccc32)COC1. The summed E-state index contributed by atoms with van der Waals surface area (Å²) >= 11 is 0. The number of nitrogens with two attached hydrogens (primary N) is 1. The first kappa shape index (κ1) is 12.0. The molecule has 2 N–H and O–H groups in total. The van der Waals surface area contributed by atoms with Crippen LogP contribution in [-0.4, -0.2) is 32.8 Å². The third-order valence-corrected chi connectivity index (χ3v) is 4.44. The van der Waals surface area contributed by atoms with E-state index in [0.717, 1.165) is 32.8 Å². The fourth-order valence-electron chi connectivity index (χ4n) is 3.37. The number of hydrogen-bond acceptors (Lipinski definition) is 3. The average Bonchev–Trinajstić information content (AvgIpc) is 2.37. The molecule has 1 fully saturated rings. The van der Waals surface area contributed by atoms with Crippen molar-refractivity contribution in [2.75, 3.05) is 37.7 Å². The summed E-state index contributed by atoms with van der Waals surface area (Å²) in [6.07, 6.45) is 1.22. The van der Waals surface area contributed by atoms with Crippen LogP contribution in [0, 0.1) is 5.41 Å². The molecule has 1 saturated heterocycles. The summed E-state index contributed by atoms with van der Waals surface area (Å²) in [6.45, 7) is 6.97. The first-order valence-electron chi connectivity index (χ1n) is 6.86. The predicted molar refractivity (Wildman–Crippen MR) is 74.0 cm³/mol. The quantitative estimate of drug-likeness (QED) is 0.886. The molecule has 1 aromatic rings. The third-order valence-electron chi connectivity index (χ3n) is 4.44. The molecule has 18 heavy (non-hydrogen) atoms. The lowest BCUT2D eigenvalue weighted by Crippen LogP contribution is -2.48. The highest BCUT2D eigenvalue weighted by Gasteiger charge is 2.44. The van der Waals surface area contributed by atoms with Gasteiger partial charge in [0.2, 0.25) is 0 Å². The van der Waals surface area contributed by atoms with E-state index in [9.17, 15) is 0 Å². The van der Waals surface area contributed by atoms with Crippen molar-refractivity contribution < 1.29 is 4.74 Å². The van der Waals surface area contributed by atoms with Crippen LogP contribution < -0.4 is 10.6 Å². The maximum atomic E-state index is 5.71. The van der Waals surface area contributed by atoms with E-state index in [1.165, 1.54) is 17.7 Å². The largest absolute Gasteiger partial charge is 0.380 e. The fraction of sp³-hybridized carbons (Fsp3) is 0.600. The molecule has 2 aliphatic rings. The second-order valence-corrected chi connectivity index (χ2v) is 5.82. The van der Waals surface area contributed by atoms with Gasteiger partial charge < -0.3 is 15.4 Å². The zero-order valence-corrected chi connectivity index (χ0v) is 11.1. The van der Waals surface area contributed by atoms with Gasteiger partial charge in [-0.05, 0) is 24.0 Å². The van der Waals surface area contributed by atoms with Gasteiger partial charge in [0.05, 0.1) is 13.2 Å². The second kappa shape index (κ2) is 4.56. The topological polar surface area (TPSA) is 38.5 Å². The molecule has 1 aromatic carbocycles. The zero-order chi connectivity index (χ0) is 12.6. The van der Waals surface area contributed by atoms with E-state index in [1.54, 1.807) is 0 Å². The molecule has 98 valence electrons. The number of ether oxygens (including phenoxy) is 1. The van der Waals surface area contributed by atoms with Crippen LogP contribution in [0.2, 0.25) is 0 Å². The van der Waals surface area contributed by atoms with Crippen molar-refractivity contribution in [2.45, 2.75) is 19.3 Å². The highest BCUT2D eigenvalue weighted by Crippen LogP contribution is 2.48. The average molecular weight is 246 g/mol. The van der Waals surface area contributed by atoms with Crippen LogP contribution in [0.4, 0.5) is 5.69 Å². The molecule has 0 radical (unpaired) electrons. The van der Waals surface area contributed by atoms with E-state index < -0.39 is 0 Å². The van der Waals surface area contributed by atoms with Gasteiger partial charge in [-0.1, -0.05) is 25.1 Å². The molecule has 0 amide bonds. The van der Waals surface area contributed by atoms with Crippen molar-refractivity contribution in [1.82, 2.24) is 0 Å². The number of hydrogen-bond donors (Lipinski definition) is 1. The van der Waals surface area contributed by atoms with Gasteiger partial charge in [0.25, 0.3) is 0 Å². The number of para-hydroxylation sites is 1.